The molecule has 2 rings (SSSR count). The van der Waals surface area contributed by atoms with Gasteiger partial charge < -0.3 is 0 Å². The molecule has 88 valence electrons. The highest BCUT2D eigenvalue weighted by atomic mass is 32.1. The predicted octanol–water partition coefficient (Wildman–Crippen LogP) is 4.25. The van der Waals surface area contributed by atoms with Gasteiger partial charge in [0.15, 0.2) is 5.78 Å². The van der Waals surface area contributed by atoms with Crippen molar-refractivity contribution in [1.82, 2.24) is 0 Å². The third-order valence-electron chi connectivity index (χ3n) is 3.21. The van der Waals surface area contributed by atoms with Crippen LogP contribution in [0, 0.1) is 5.92 Å². The van der Waals surface area contributed by atoms with Crippen LogP contribution < -0.4 is 0 Å². The zero-order valence-corrected chi connectivity index (χ0v) is 11.0. The number of ketones is 1. The molecule has 1 nitrogen and oxygen atoms in total. The number of carbonyl (C=O) groups excluding carboxylic acids is 1. The Morgan fingerprint density at radius 2 is 2.25 bits per heavy atom. The van der Waals surface area contributed by atoms with Crippen LogP contribution in [0.2, 0.25) is 0 Å². The zero-order chi connectivity index (χ0) is 11.5. The normalized spacial score (nSPS) is 14.4. The number of hydrogen-bond acceptors (Lipinski definition) is 2. The largest absolute Gasteiger partial charge is 0.293 e. The second kappa shape index (κ2) is 5.13. The van der Waals surface area contributed by atoms with E-state index < -0.39 is 0 Å². The number of fused-ring (bicyclic) bond motifs is 1. The summed E-state index contributed by atoms with van der Waals surface area (Å²) in [7, 11) is 0. The molecule has 0 saturated heterocycles. The second-order valence-corrected chi connectivity index (χ2v) is 6.26. The highest BCUT2D eigenvalue weighted by molar-refractivity contribution is 7.14. The first-order chi connectivity index (χ1) is 7.66. The molecule has 1 aromatic rings. The van der Waals surface area contributed by atoms with Crippen LogP contribution in [0.25, 0.3) is 0 Å². The van der Waals surface area contributed by atoms with Crippen molar-refractivity contribution in [3.05, 3.63) is 21.4 Å². The molecule has 0 atom stereocenters. The fourth-order valence-electron chi connectivity index (χ4n) is 2.26. The number of Topliss-reactive ketones (excluding diaryl/α,β-unsaturated/α-hetero) is 1. The van der Waals surface area contributed by atoms with Gasteiger partial charge in [-0.3, -0.25) is 4.79 Å². The maximum absolute atomic E-state index is 11.9. The van der Waals surface area contributed by atoms with Crippen molar-refractivity contribution in [2.75, 3.05) is 0 Å². The summed E-state index contributed by atoms with van der Waals surface area (Å²) in [5.41, 5.74) is 1.44. The molecule has 0 bridgehead atoms. The van der Waals surface area contributed by atoms with Crippen molar-refractivity contribution in [1.29, 1.82) is 0 Å². The Hall–Kier alpha value is -0.630. The Labute approximate surface area is 102 Å². The Kier molecular flexibility index (Phi) is 3.80. The van der Waals surface area contributed by atoms with Gasteiger partial charge in [-0.05, 0) is 43.2 Å². The van der Waals surface area contributed by atoms with Crippen LogP contribution in [-0.4, -0.2) is 5.78 Å². The molecule has 0 saturated carbocycles. The summed E-state index contributed by atoms with van der Waals surface area (Å²) in [6, 6.07) is 2.14. The van der Waals surface area contributed by atoms with E-state index in [1.807, 2.05) is 0 Å². The maximum atomic E-state index is 11.9. The van der Waals surface area contributed by atoms with Gasteiger partial charge in [0.25, 0.3) is 0 Å². The summed E-state index contributed by atoms with van der Waals surface area (Å²) in [5.74, 6) is 1.07. The number of hydrogen-bond donors (Lipinski definition) is 0. The van der Waals surface area contributed by atoms with Crippen molar-refractivity contribution < 1.29 is 4.79 Å². The van der Waals surface area contributed by atoms with Crippen LogP contribution in [0.1, 0.15) is 59.6 Å². The van der Waals surface area contributed by atoms with E-state index in [4.69, 9.17) is 0 Å². The van der Waals surface area contributed by atoms with E-state index in [-0.39, 0.29) is 0 Å². The van der Waals surface area contributed by atoms with E-state index in [2.05, 4.69) is 19.9 Å². The standard InChI is InChI=1S/C14H20OS/c1-10(2)5-3-7-12(15)14-9-11-6-4-8-13(11)16-14/h9-10H,3-8H2,1-2H3. The summed E-state index contributed by atoms with van der Waals surface area (Å²) in [6.45, 7) is 4.42. The molecule has 0 amide bonds. The molecule has 1 aliphatic rings. The smallest absolute Gasteiger partial charge is 0.172 e. The fraction of sp³-hybridized carbons (Fsp3) is 0.643. The Balaban J connectivity index is 1.89. The molecule has 0 fully saturated rings. The van der Waals surface area contributed by atoms with Crippen LogP contribution in [0.5, 0.6) is 0 Å². The van der Waals surface area contributed by atoms with Crippen molar-refractivity contribution in [3.8, 4) is 0 Å². The lowest BCUT2D eigenvalue weighted by atomic mass is 10.0. The minimum Gasteiger partial charge on any atom is -0.293 e. The number of thiophene rings is 1. The van der Waals surface area contributed by atoms with Gasteiger partial charge in [0.2, 0.25) is 0 Å². The lowest BCUT2D eigenvalue weighted by Gasteiger charge is -2.02. The highest BCUT2D eigenvalue weighted by Gasteiger charge is 2.17. The van der Waals surface area contributed by atoms with Gasteiger partial charge in [-0.2, -0.15) is 0 Å². The van der Waals surface area contributed by atoms with E-state index >= 15 is 0 Å². The molecule has 1 heterocycles. The second-order valence-electron chi connectivity index (χ2n) is 5.12. The molecule has 0 aliphatic heterocycles. The summed E-state index contributed by atoms with van der Waals surface area (Å²) >= 11 is 1.74. The van der Waals surface area contributed by atoms with Crippen LogP contribution in [0.4, 0.5) is 0 Å². The van der Waals surface area contributed by atoms with Gasteiger partial charge in [-0.15, -0.1) is 11.3 Å². The first-order valence-corrected chi connectivity index (χ1v) is 7.13. The van der Waals surface area contributed by atoms with Crippen LogP contribution >= 0.6 is 11.3 Å². The quantitative estimate of drug-likeness (QED) is 0.699. The predicted molar refractivity (Wildman–Crippen MR) is 69.4 cm³/mol. The molecule has 0 aromatic carbocycles. The van der Waals surface area contributed by atoms with Gasteiger partial charge >= 0.3 is 0 Å². The SMILES string of the molecule is CC(C)CCCC(=O)c1cc2c(s1)CCC2. The molecule has 0 N–H and O–H groups in total. The number of rotatable bonds is 5. The topological polar surface area (TPSA) is 17.1 Å². The summed E-state index contributed by atoms with van der Waals surface area (Å²) in [6.07, 6.45) is 6.60. The van der Waals surface area contributed by atoms with Gasteiger partial charge in [0.05, 0.1) is 4.88 Å². The van der Waals surface area contributed by atoms with Crippen LogP contribution in [0.3, 0.4) is 0 Å². The van der Waals surface area contributed by atoms with E-state index in [9.17, 15) is 4.79 Å². The first-order valence-electron chi connectivity index (χ1n) is 6.31. The molecule has 0 unspecified atom stereocenters. The lowest BCUT2D eigenvalue weighted by Crippen LogP contribution is -1.97. The average molecular weight is 236 g/mol. The molecule has 0 radical (unpaired) electrons. The molecule has 2 heteroatoms. The monoisotopic (exact) mass is 236 g/mol. The molecular weight excluding hydrogens is 216 g/mol. The van der Waals surface area contributed by atoms with Crippen LogP contribution in [0.15, 0.2) is 6.07 Å². The Morgan fingerprint density at radius 1 is 1.44 bits per heavy atom. The van der Waals surface area contributed by atoms with Crippen molar-refractivity contribution in [3.63, 3.8) is 0 Å². The fourth-order valence-corrected chi connectivity index (χ4v) is 3.48. The third kappa shape index (κ3) is 2.73. The average Bonchev–Trinajstić information content (AvgIpc) is 2.75. The van der Waals surface area contributed by atoms with Crippen molar-refractivity contribution in [2.45, 2.75) is 52.4 Å². The third-order valence-corrected chi connectivity index (χ3v) is 4.48. The Bertz CT molecular complexity index is 355. The van der Waals surface area contributed by atoms with E-state index in [0.29, 0.717) is 11.7 Å². The minimum atomic E-state index is 0.361. The Morgan fingerprint density at radius 3 is 2.94 bits per heavy atom. The van der Waals surface area contributed by atoms with E-state index in [1.54, 1.807) is 11.3 Å². The molecular formula is C14H20OS. The first kappa shape index (κ1) is 11.8. The van der Waals surface area contributed by atoms with Gasteiger partial charge in [0, 0.05) is 11.3 Å². The van der Waals surface area contributed by atoms with Gasteiger partial charge in [0.1, 0.15) is 0 Å². The molecule has 16 heavy (non-hydrogen) atoms. The molecule has 1 aliphatic carbocycles. The molecule has 0 spiro atoms. The summed E-state index contributed by atoms with van der Waals surface area (Å²) in [4.78, 5) is 14.4. The maximum Gasteiger partial charge on any atom is 0.172 e. The lowest BCUT2D eigenvalue weighted by molar-refractivity contribution is 0.0982. The van der Waals surface area contributed by atoms with Gasteiger partial charge in [-0.1, -0.05) is 20.3 Å². The van der Waals surface area contributed by atoms with Crippen LogP contribution in [-0.2, 0) is 12.8 Å². The zero-order valence-electron chi connectivity index (χ0n) is 10.2. The summed E-state index contributed by atoms with van der Waals surface area (Å²) < 4.78 is 0. The van der Waals surface area contributed by atoms with E-state index in [0.717, 1.165) is 24.1 Å². The molecule has 1 aromatic heterocycles. The minimum absolute atomic E-state index is 0.361. The van der Waals surface area contributed by atoms with Crippen molar-refractivity contribution >= 4 is 17.1 Å². The summed E-state index contributed by atoms with van der Waals surface area (Å²) in [5, 5.41) is 0. The highest BCUT2D eigenvalue weighted by Crippen LogP contribution is 2.31. The van der Waals surface area contributed by atoms with Crippen molar-refractivity contribution in [2.24, 2.45) is 5.92 Å². The van der Waals surface area contributed by atoms with Gasteiger partial charge in [-0.25, -0.2) is 0 Å². The van der Waals surface area contributed by atoms with E-state index in [1.165, 1.54) is 29.7 Å². The number of carbonyl (C=O) groups is 1. The number of aryl methyl sites for hydroxylation is 2.